The van der Waals surface area contributed by atoms with Gasteiger partial charge in [-0.25, -0.2) is 4.79 Å². The number of aldehydes is 1. The van der Waals surface area contributed by atoms with E-state index in [4.69, 9.17) is 9.47 Å². The van der Waals surface area contributed by atoms with E-state index in [9.17, 15) is 9.59 Å². The third kappa shape index (κ3) is 3.70. The molecule has 0 spiro atoms. The Hall–Kier alpha value is -2.14. The van der Waals surface area contributed by atoms with Crippen LogP contribution in [0.3, 0.4) is 0 Å². The van der Waals surface area contributed by atoms with E-state index in [1.807, 2.05) is 30.3 Å². The van der Waals surface area contributed by atoms with Gasteiger partial charge < -0.3 is 9.47 Å². The predicted molar refractivity (Wildman–Crippen MR) is 77.5 cm³/mol. The van der Waals surface area contributed by atoms with Crippen molar-refractivity contribution >= 4 is 12.4 Å². The SMILES string of the molecule is CC1(C)OC[C@@H](/C=C/C=O)N1C(=O)OCc1ccccc1. The zero-order valence-electron chi connectivity index (χ0n) is 12.2. The van der Waals surface area contributed by atoms with Crippen molar-refractivity contribution in [1.29, 1.82) is 0 Å². The van der Waals surface area contributed by atoms with Crippen molar-refractivity contribution in [2.24, 2.45) is 0 Å². The Labute approximate surface area is 124 Å². The molecule has 1 aliphatic rings. The Balaban J connectivity index is 2.04. The van der Waals surface area contributed by atoms with Crippen molar-refractivity contribution < 1.29 is 19.1 Å². The molecule has 0 bridgehead atoms. The van der Waals surface area contributed by atoms with E-state index < -0.39 is 11.8 Å². The molecule has 0 N–H and O–H groups in total. The summed E-state index contributed by atoms with van der Waals surface area (Å²) in [7, 11) is 0. The maximum atomic E-state index is 12.3. The van der Waals surface area contributed by atoms with Crippen LogP contribution in [0.4, 0.5) is 4.79 Å². The van der Waals surface area contributed by atoms with Gasteiger partial charge in [-0.05, 0) is 25.5 Å². The van der Waals surface area contributed by atoms with Crippen LogP contribution in [-0.4, -0.2) is 35.7 Å². The highest BCUT2D eigenvalue weighted by atomic mass is 16.6. The number of amides is 1. The second-order valence-corrected chi connectivity index (χ2v) is 5.26. The van der Waals surface area contributed by atoms with Gasteiger partial charge in [-0.1, -0.05) is 36.4 Å². The molecule has 5 nitrogen and oxygen atoms in total. The number of allylic oxidation sites excluding steroid dienone is 1. The molecule has 21 heavy (non-hydrogen) atoms. The molecule has 112 valence electrons. The van der Waals surface area contributed by atoms with Crippen LogP contribution < -0.4 is 0 Å². The lowest BCUT2D eigenvalue weighted by atomic mass is 10.2. The number of carbonyl (C=O) groups excluding carboxylic acids is 2. The van der Waals surface area contributed by atoms with Gasteiger partial charge >= 0.3 is 6.09 Å². The highest BCUT2D eigenvalue weighted by Crippen LogP contribution is 2.28. The smallest absolute Gasteiger partial charge is 0.412 e. The fourth-order valence-corrected chi connectivity index (χ4v) is 2.29. The fourth-order valence-electron chi connectivity index (χ4n) is 2.29. The summed E-state index contributed by atoms with van der Waals surface area (Å²) >= 11 is 0. The molecule has 5 heteroatoms. The normalized spacial score (nSPS) is 20.7. The van der Waals surface area contributed by atoms with Crippen molar-refractivity contribution in [3.63, 3.8) is 0 Å². The fraction of sp³-hybridized carbons (Fsp3) is 0.375. The predicted octanol–water partition coefficient (Wildman–Crippen LogP) is 2.52. The summed E-state index contributed by atoms with van der Waals surface area (Å²) in [4.78, 5) is 24.3. The molecule has 0 aliphatic carbocycles. The number of hydrogen-bond donors (Lipinski definition) is 0. The lowest BCUT2D eigenvalue weighted by molar-refractivity contribution is -0.104. The minimum atomic E-state index is -0.758. The maximum Gasteiger partial charge on any atom is 0.412 e. The van der Waals surface area contributed by atoms with Crippen LogP contribution in [0.5, 0.6) is 0 Å². The Morgan fingerprint density at radius 3 is 2.81 bits per heavy atom. The highest BCUT2D eigenvalue weighted by Gasteiger charge is 2.43. The number of carbonyl (C=O) groups is 2. The number of benzene rings is 1. The number of rotatable bonds is 4. The first kappa shape index (κ1) is 15.3. The van der Waals surface area contributed by atoms with E-state index in [0.717, 1.165) is 5.56 Å². The lowest BCUT2D eigenvalue weighted by Crippen LogP contribution is -2.47. The molecule has 2 rings (SSSR count). The molecule has 0 aromatic heterocycles. The molecule has 1 atom stereocenters. The van der Waals surface area contributed by atoms with Gasteiger partial charge in [0.25, 0.3) is 0 Å². The van der Waals surface area contributed by atoms with Gasteiger partial charge in [0.05, 0.1) is 12.6 Å². The monoisotopic (exact) mass is 289 g/mol. The number of hydrogen-bond acceptors (Lipinski definition) is 4. The van der Waals surface area contributed by atoms with E-state index in [-0.39, 0.29) is 12.6 Å². The topological polar surface area (TPSA) is 55.8 Å². The molecule has 1 aromatic rings. The average molecular weight is 289 g/mol. The van der Waals surface area contributed by atoms with Crippen molar-refractivity contribution in [2.75, 3.05) is 6.61 Å². The van der Waals surface area contributed by atoms with Gasteiger partial charge in [0.2, 0.25) is 0 Å². The van der Waals surface area contributed by atoms with Crippen LogP contribution >= 0.6 is 0 Å². The maximum absolute atomic E-state index is 12.3. The first-order valence-electron chi connectivity index (χ1n) is 6.80. The minimum Gasteiger partial charge on any atom is -0.444 e. The highest BCUT2D eigenvalue weighted by molar-refractivity contribution is 5.70. The first-order valence-corrected chi connectivity index (χ1v) is 6.80. The van der Waals surface area contributed by atoms with E-state index in [1.165, 1.54) is 11.0 Å². The first-order chi connectivity index (χ1) is 10.0. The molecule has 0 unspecified atom stereocenters. The van der Waals surface area contributed by atoms with Gasteiger partial charge in [0.1, 0.15) is 18.6 Å². The molecule has 1 aliphatic heterocycles. The number of nitrogens with zero attached hydrogens (tertiary/aromatic N) is 1. The average Bonchev–Trinajstić information content (AvgIpc) is 2.78. The summed E-state index contributed by atoms with van der Waals surface area (Å²) in [5, 5.41) is 0. The quantitative estimate of drug-likeness (QED) is 0.631. The second-order valence-electron chi connectivity index (χ2n) is 5.26. The molecular weight excluding hydrogens is 270 g/mol. The Morgan fingerprint density at radius 1 is 1.43 bits per heavy atom. The van der Waals surface area contributed by atoms with E-state index in [0.29, 0.717) is 12.9 Å². The Morgan fingerprint density at radius 2 is 2.14 bits per heavy atom. The molecule has 0 saturated carbocycles. The lowest BCUT2D eigenvalue weighted by Gasteiger charge is -2.31. The molecular formula is C16H19NO4. The molecule has 1 heterocycles. The molecule has 0 radical (unpaired) electrons. The molecule has 1 saturated heterocycles. The largest absolute Gasteiger partial charge is 0.444 e. The van der Waals surface area contributed by atoms with Crippen LogP contribution in [0, 0.1) is 0 Å². The zero-order chi connectivity index (χ0) is 15.3. The van der Waals surface area contributed by atoms with Crippen LogP contribution in [-0.2, 0) is 20.9 Å². The van der Waals surface area contributed by atoms with E-state index in [1.54, 1.807) is 19.9 Å². The molecule has 1 fully saturated rings. The van der Waals surface area contributed by atoms with Crippen molar-refractivity contribution in [3.8, 4) is 0 Å². The number of ether oxygens (including phenoxy) is 2. The van der Waals surface area contributed by atoms with Gasteiger partial charge in [-0.3, -0.25) is 9.69 Å². The molecule has 1 amide bonds. The molecule has 1 aromatic carbocycles. The van der Waals surface area contributed by atoms with Crippen LogP contribution in [0.15, 0.2) is 42.5 Å². The van der Waals surface area contributed by atoms with Crippen LogP contribution in [0.1, 0.15) is 19.4 Å². The van der Waals surface area contributed by atoms with Gasteiger partial charge in [-0.15, -0.1) is 0 Å². The summed E-state index contributed by atoms with van der Waals surface area (Å²) in [5.74, 6) is 0. The third-order valence-corrected chi connectivity index (χ3v) is 3.33. The van der Waals surface area contributed by atoms with Crippen molar-refractivity contribution in [1.82, 2.24) is 4.90 Å². The second kappa shape index (κ2) is 6.54. The summed E-state index contributed by atoms with van der Waals surface area (Å²) in [6.45, 7) is 4.14. The summed E-state index contributed by atoms with van der Waals surface area (Å²) in [6.07, 6.45) is 3.24. The summed E-state index contributed by atoms with van der Waals surface area (Å²) in [6, 6.07) is 9.17. The minimum absolute atomic E-state index is 0.205. The summed E-state index contributed by atoms with van der Waals surface area (Å²) < 4.78 is 10.9. The van der Waals surface area contributed by atoms with Gasteiger partial charge in [-0.2, -0.15) is 0 Å². The van der Waals surface area contributed by atoms with Crippen molar-refractivity contribution in [2.45, 2.75) is 32.2 Å². The Kier molecular flexibility index (Phi) is 4.75. The van der Waals surface area contributed by atoms with Crippen LogP contribution in [0.2, 0.25) is 0 Å². The summed E-state index contributed by atoms with van der Waals surface area (Å²) in [5.41, 5.74) is 0.162. The van der Waals surface area contributed by atoms with Gasteiger partial charge in [0.15, 0.2) is 0 Å². The third-order valence-electron chi connectivity index (χ3n) is 3.33. The van der Waals surface area contributed by atoms with Crippen molar-refractivity contribution in [3.05, 3.63) is 48.0 Å². The zero-order valence-corrected chi connectivity index (χ0v) is 12.2. The van der Waals surface area contributed by atoms with E-state index >= 15 is 0 Å². The van der Waals surface area contributed by atoms with Gasteiger partial charge in [0, 0.05) is 0 Å². The van der Waals surface area contributed by atoms with E-state index in [2.05, 4.69) is 0 Å². The Bertz CT molecular complexity index is 524. The standard InChI is InChI=1S/C16H19NO4/c1-16(2)17(14(12-21-16)9-6-10-18)15(19)20-11-13-7-4-3-5-8-13/h3-10,14H,11-12H2,1-2H3/b9-6+/t14-/m1/s1. The van der Waals surface area contributed by atoms with Crippen LogP contribution in [0.25, 0.3) is 0 Å².